The average Bonchev–Trinajstić information content (AvgIpc) is 2.78. The SMILES string of the molecule is CCc1occc1C(=O)N[C@@H]1CCCNC1. The zero-order valence-electron chi connectivity index (χ0n) is 9.58. The number of piperidine rings is 1. The Kier molecular flexibility index (Phi) is 3.62. The van der Waals surface area contributed by atoms with Crippen LogP contribution in [0.4, 0.5) is 0 Å². The highest BCUT2D eigenvalue weighted by Gasteiger charge is 2.19. The zero-order valence-corrected chi connectivity index (χ0v) is 9.58. The van der Waals surface area contributed by atoms with Crippen LogP contribution in [0, 0.1) is 0 Å². The number of nitrogens with one attached hydrogen (secondary N) is 2. The van der Waals surface area contributed by atoms with Crippen molar-refractivity contribution in [3.63, 3.8) is 0 Å². The van der Waals surface area contributed by atoms with E-state index in [1.165, 1.54) is 0 Å². The van der Waals surface area contributed by atoms with Gasteiger partial charge in [0.05, 0.1) is 11.8 Å². The van der Waals surface area contributed by atoms with Crippen LogP contribution in [-0.4, -0.2) is 25.0 Å². The van der Waals surface area contributed by atoms with E-state index in [4.69, 9.17) is 4.42 Å². The van der Waals surface area contributed by atoms with Gasteiger partial charge in [0, 0.05) is 19.0 Å². The van der Waals surface area contributed by atoms with Crippen LogP contribution < -0.4 is 10.6 Å². The fourth-order valence-corrected chi connectivity index (χ4v) is 2.05. The van der Waals surface area contributed by atoms with Crippen LogP contribution in [0.25, 0.3) is 0 Å². The minimum Gasteiger partial charge on any atom is -0.469 e. The lowest BCUT2D eigenvalue weighted by Crippen LogP contribution is -2.45. The third kappa shape index (κ3) is 2.44. The summed E-state index contributed by atoms with van der Waals surface area (Å²) in [6.07, 6.45) is 4.50. The minimum atomic E-state index is -0.0145. The maximum Gasteiger partial charge on any atom is 0.255 e. The number of hydrogen-bond donors (Lipinski definition) is 2. The van der Waals surface area contributed by atoms with Gasteiger partial charge in [-0.25, -0.2) is 0 Å². The number of furan rings is 1. The molecule has 1 aliphatic heterocycles. The molecule has 1 fully saturated rings. The normalized spacial score (nSPS) is 20.7. The van der Waals surface area contributed by atoms with Gasteiger partial charge in [-0.3, -0.25) is 4.79 Å². The van der Waals surface area contributed by atoms with E-state index in [1.807, 2.05) is 6.92 Å². The van der Waals surface area contributed by atoms with Crippen LogP contribution in [0.3, 0.4) is 0 Å². The molecule has 2 N–H and O–H groups in total. The van der Waals surface area contributed by atoms with Gasteiger partial charge in [-0.2, -0.15) is 0 Å². The van der Waals surface area contributed by atoms with Gasteiger partial charge in [0.2, 0.25) is 0 Å². The Morgan fingerprint density at radius 3 is 3.25 bits per heavy atom. The van der Waals surface area contributed by atoms with Gasteiger partial charge >= 0.3 is 0 Å². The lowest BCUT2D eigenvalue weighted by atomic mass is 10.1. The molecule has 88 valence electrons. The van der Waals surface area contributed by atoms with Gasteiger partial charge < -0.3 is 15.1 Å². The Morgan fingerprint density at radius 1 is 1.69 bits per heavy atom. The van der Waals surface area contributed by atoms with Crippen molar-refractivity contribution in [3.05, 3.63) is 23.7 Å². The molecular weight excluding hydrogens is 204 g/mol. The van der Waals surface area contributed by atoms with Crippen molar-refractivity contribution >= 4 is 5.91 Å². The van der Waals surface area contributed by atoms with E-state index in [-0.39, 0.29) is 11.9 Å². The molecule has 2 heterocycles. The van der Waals surface area contributed by atoms with Crippen LogP contribution in [-0.2, 0) is 6.42 Å². The summed E-state index contributed by atoms with van der Waals surface area (Å²) in [5.41, 5.74) is 0.674. The molecule has 0 unspecified atom stereocenters. The maximum atomic E-state index is 12.0. The Morgan fingerprint density at radius 2 is 2.56 bits per heavy atom. The lowest BCUT2D eigenvalue weighted by molar-refractivity contribution is 0.0928. The molecule has 0 aromatic carbocycles. The molecule has 0 radical (unpaired) electrons. The van der Waals surface area contributed by atoms with Crippen molar-refractivity contribution in [2.75, 3.05) is 13.1 Å². The smallest absolute Gasteiger partial charge is 0.255 e. The highest BCUT2D eigenvalue weighted by Crippen LogP contribution is 2.12. The topological polar surface area (TPSA) is 54.3 Å². The molecule has 1 aromatic heterocycles. The molecule has 4 nitrogen and oxygen atoms in total. The zero-order chi connectivity index (χ0) is 11.4. The molecule has 0 bridgehead atoms. The number of rotatable bonds is 3. The first kappa shape index (κ1) is 11.2. The highest BCUT2D eigenvalue weighted by molar-refractivity contribution is 5.95. The van der Waals surface area contributed by atoms with Gasteiger partial charge in [-0.15, -0.1) is 0 Å². The van der Waals surface area contributed by atoms with Crippen molar-refractivity contribution in [1.29, 1.82) is 0 Å². The summed E-state index contributed by atoms with van der Waals surface area (Å²) < 4.78 is 5.25. The molecule has 1 amide bonds. The molecule has 1 atom stereocenters. The minimum absolute atomic E-state index is 0.0145. The summed E-state index contributed by atoms with van der Waals surface area (Å²) in [7, 11) is 0. The molecule has 1 aromatic rings. The number of carbonyl (C=O) groups is 1. The third-order valence-electron chi connectivity index (χ3n) is 2.94. The summed E-state index contributed by atoms with van der Waals surface area (Å²) in [6.45, 7) is 3.90. The van der Waals surface area contributed by atoms with E-state index in [9.17, 15) is 4.79 Å². The molecule has 4 heteroatoms. The molecular formula is C12H18N2O2. The first-order chi connectivity index (χ1) is 7.81. The second-order valence-electron chi connectivity index (χ2n) is 4.13. The largest absolute Gasteiger partial charge is 0.469 e. The monoisotopic (exact) mass is 222 g/mol. The molecule has 0 spiro atoms. The van der Waals surface area contributed by atoms with E-state index in [0.717, 1.165) is 38.1 Å². The van der Waals surface area contributed by atoms with Crippen LogP contribution in [0.5, 0.6) is 0 Å². The Labute approximate surface area is 95.4 Å². The maximum absolute atomic E-state index is 12.0. The van der Waals surface area contributed by atoms with Crippen molar-refractivity contribution in [1.82, 2.24) is 10.6 Å². The first-order valence-electron chi connectivity index (χ1n) is 5.89. The predicted octanol–water partition coefficient (Wildman–Crippen LogP) is 1.32. The van der Waals surface area contributed by atoms with Gasteiger partial charge in [0.25, 0.3) is 5.91 Å². The van der Waals surface area contributed by atoms with Crippen LogP contribution >= 0.6 is 0 Å². The summed E-state index contributed by atoms with van der Waals surface area (Å²) in [5, 5.41) is 6.31. The summed E-state index contributed by atoms with van der Waals surface area (Å²) >= 11 is 0. The number of carbonyl (C=O) groups excluding carboxylic acids is 1. The van der Waals surface area contributed by atoms with Crippen molar-refractivity contribution in [3.8, 4) is 0 Å². The van der Waals surface area contributed by atoms with Crippen LogP contribution in [0.1, 0.15) is 35.9 Å². The summed E-state index contributed by atoms with van der Waals surface area (Å²) in [5.74, 6) is 0.751. The van der Waals surface area contributed by atoms with E-state index in [2.05, 4.69) is 10.6 Å². The predicted molar refractivity (Wildman–Crippen MR) is 61.4 cm³/mol. The second kappa shape index (κ2) is 5.16. The van der Waals surface area contributed by atoms with E-state index >= 15 is 0 Å². The van der Waals surface area contributed by atoms with E-state index in [0.29, 0.717) is 5.56 Å². The van der Waals surface area contributed by atoms with E-state index < -0.39 is 0 Å². The van der Waals surface area contributed by atoms with Gasteiger partial charge in [0.15, 0.2) is 0 Å². The fraction of sp³-hybridized carbons (Fsp3) is 0.583. The average molecular weight is 222 g/mol. The summed E-state index contributed by atoms with van der Waals surface area (Å²) in [4.78, 5) is 12.0. The van der Waals surface area contributed by atoms with Gasteiger partial charge in [0.1, 0.15) is 5.76 Å². The molecule has 16 heavy (non-hydrogen) atoms. The summed E-state index contributed by atoms with van der Waals surface area (Å²) in [6, 6.07) is 1.99. The Hall–Kier alpha value is -1.29. The fourth-order valence-electron chi connectivity index (χ4n) is 2.05. The highest BCUT2D eigenvalue weighted by atomic mass is 16.3. The van der Waals surface area contributed by atoms with Crippen molar-refractivity contribution in [2.45, 2.75) is 32.2 Å². The van der Waals surface area contributed by atoms with Gasteiger partial charge in [-0.05, 0) is 25.5 Å². The second-order valence-corrected chi connectivity index (χ2v) is 4.13. The van der Waals surface area contributed by atoms with Gasteiger partial charge in [-0.1, -0.05) is 6.92 Å². The van der Waals surface area contributed by atoms with E-state index in [1.54, 1.807) is 12.3 Å². The quantitative estimate of drug-likeness (QED) is 0.811. The Bertz CT molecular complexity index is 354. The Balaban J connectivity index is 1.96. The van der Waals surface area contributed by atoms with Crippen LogP contribution in [0.15, 0.2) is 16.7 Å². The lowest BCUT2D eigenvalue weighted by Gasteiger charge is -2.23. The first-order valence-corrected chi connectivity index (χ1v) is 5.89. The number of hydrogen-bond acceptors (Lipinski definition) is 3. The molecule has 1 aliphatic rings. The molecule has 1 saturated heterocycles. The number of aryl methyl sites for hydroxylation is 1. The van der Waals surface area contributed by atoms with Crippen LogP contribution in [0.2, 0.25) is 0 Å². The standard InChI is InChI=1S/C12H18N2O2/c1-2-11-10(5-7-16-11)12(15)14-9-4-3-6-13-8-9/h5,7,9,13H,2-4,6,8H2,1H3,(H,14,15)/t9-/m1/s1. The van der Waals surface area contributed by atoms with Crippen molar-refractivity contribution in [2.24, 2.45) is 0 Å². The molecule has 2 rings (SSSR count). The number of amides is 1. The molecule has 0 saturated carbocycles. The molecule has 0 aliphatic carbocycles. The third-order valence-corrected chi connectivity index (χ3v) is 2.94. The van der Waals surface area contributed by atoms with Crippen molar-refractivity contribution < 1.29 is 9.21 Å².